The summed E-state index contributed by atoms with van der Waals surface area (Å²) in [7, 11) is 1.63. The number of methoxy groups -OCH3 is 1. The van der Waals surface area contributed by atoms with E-state index < -0.39 is 35.1 Å². The minimum atomic E-state index is -1.01. The number of nitrogens with zero attached hydrogens (tertiary/aromatic N) is 5. The smallest absolute Gasteiger partial charge is 0.412 e. The minimum Gasteiger partial charge on any atom is -0.497 e. The molecule has 1 aliphatic rings. The van der Waals surface area contributed by atoms with Crippen molar-refractivity contribution in [2.75, 3.05) is 25.6 Å². The third kappa shape index (κ3) is 7.42. The predicted molar refractivity (Wildman–Crippen MR) is 193 cm³/mol. The van der Waals surface area contributed by atoms with Crippen molar-refractivity contribution >= 4 is 28.8 Å². The van der Waals surface area contributed by atoms with Gasteiger partial charge in [-0.25, -0.2) is 19.7 Å². The highest BCUT2D eigenvalue weighted by atomic mass is 16.6. The number of rotatable bonds is 13. The van der Waals surface area contributed by atoms with Crippen molar-refractivity contribution in [3.8, 4) is 5.75 Å². The first kappa shape index (κ1) is 35.2. The van der Waals surface area contributed by atoms with Crippen molar-refractivity contribution in [2.45, 2.75) is 36.9 Å². The molecule has 4 aromatic carbocycles. The maximum absolute atomic E-state index is 12.6. The summed E-state index contributed by atoms with van der Waals surface area (Å²) in [5, 5.41) is 24.8. The third-order valence-corrected chi connectivity index (χ3v) is 9.13. The summed E-state index contributed by atoms with van der Waals surface area (Å²) in [6.45, 7) is 0.176. The van der Waals surface area contributed by atoms with Crippen LogP contribution in [-0.4, -0.2) is 68.2 Å². The molecule has 3 heterocycles. The van der Waals surface area contributed by atoms with Gasteiger partial charge in [-0.15, -0.1) is 0 Å². The van der Waals surface area contributed by atoms with Gasteiger partial charge >= 0.3 is 6.09 Å². The maximum atomic E-state index is 12.6. The van der Waals surface area contributed by atoms with E-state index in [4.69, 9.17) is 18.9 Å². The fourth-order valence-corrected chi connectivity index (χ4v) is 6.54. The van der Waals surface area contributed by atoms with Crippen LogP contribution in [0.5, 0.6) is 5.75 Å². The second-order valence-electron chi connectivity index (χ2n) is 12.4. The van der Waals surface area contributed by atoms with Crippen molar-refractivity contribution < 1.29 is 33.8 Å². The summed E-state index contributed by atoms with van der Waals surface area (Å²) in [5.74, 6) is 0.844. The largest absolute Gasteiger partial charge is 0.497 e. The van der Waals surface area contributed by atoms with Crippen molar-refractivity contribution in [2.24, 2.45) is 0 Å². The summed E-state index contributed by atoms with van der Waals surface area (Å²) >= 11 is 0. The van der Waals surface area contributed by atoms with Gasteiger partial charge in [-0.1, -0.05) is 84.9 Å². The quantitative estimate of drug-likeness (QED) is 0.0793. The molecule has 14 nitrogen and oxygen atoms in total. The number of benzene rings is 4. The molecule has 0 saturated carbocycles. The van der Waals surface area contributed by atoms with Crippen LogP contribution in [0.15, 0.2) is 122 Å². The number of non-ortho nitro benzene ring substituents is 1. The number of carbonyl (C=O) groups excluding carboxylic acids is 1. The molecule has 2 aromatic heterocycles. The number of fused-ring (bicyclic) bond motifs is 1. The molecule has 14 heteroatoms. The van der Waals surface area contributed by atoms with Gasteiger partial charge in [0, 0.05) is 25.0 Å². The van der Waals surface area contributed by atoms with Gasteiger partial charge in [-0.3, -0.25) is 20.0 Å². The van der Waals surface area contributed by atoms with Crippen LogP contribution in [0.3, 0.4) is 0 Å². The van der Waals surface area contributed by atoms with Crippen molar-refractivity contribution in [3.63, 3.8) is 0 Å². The molecule has 270 valence electrons. The number of hydrogen-bond donors (Lipinski definition) is 2. The van der Waals surface area contributed by atoms with Crippen molar-refractivity contribution in [1.82, 2.24) is 19.5 Å². The number of amides is 1. The second-order valence-corrected chi connectivity index (χ2v) is 12.4. The molecular formula is C39H36N6O8. The SMILES string of the molecule is COc1ccc(C(OC[C@@H]2C[C@@H](O)[C@H](n3cnc4c(NC(=O)OCCc5ccc([N+](=O)[O-])cc5)ncnc43)O2)(c2ccccc2)c2ccccc2)cc1. The van der Waals surface area contributed by atoms with Crippen LogP contribution in [0.1, 0.15) is 34.9 Å². The summed E-state index contributed by atoms with van der Waals surface area (Å²) in [6, 6.07) is 33.7. The molecule has 1 amide bonds. The first-order valence-corrected chi connectivity index (χ1v) is 16.9. The number of hydrogen-bond acceptors (Lipinski definition) is 11. The summed E-state index contributed by atoms with van der Waals surface area (Å²) in [4.78, 5) is 36.0. The topological polar surface area (TPSA) is 173 Å². The molecule has 1 saturated heterocycles. The van der Waals surface area contributed by atoms with Crippen LogP contribution in [-0.2, 0) is 26.2 Å². The number of nitrogens with one attached hydrogen (secondary N) is 1. The molecule has 0 unspecified atom stereocenters. The number of aromatic nitrogens is 4. The van der Waals surface area contributed by atoms with E-state index in [2.05, 4.69) is 20.3 Å². The normalized spacial score (nSPS) is 17.1. The highest BCUT2D eigenvalue weighted by molar-refractivity contribution is 5.93. The lowest BCUT2D eigenvalue weighted by Gasteiger charge is -2.36. The van der Waals surface area contributed by atoms with E-state index in [1.807, 2.05) is 84.9 Å². The number of aliphatic hydroxyl groups is 1. The Labute approximate surface area is 304 Å². The molecule has 6 aromatic rings. The van der Waals surface area contributed by atoms with Crippen LogP contribution in [0.25, 0.3) is 11.2 Å². The van der Waals surface area contributed by atoms with E-state index in [0.717, 1.165) is 28.0 Å². The Morgan fingerprint density at radius 2 is 1.60 bits per heavy atom. The van der Waals surface area contributed by atoms with Gasteiger partial charge in [-0.05, 0) is 34.4 Å². The number of nitro benzene ring substituents is 1. The Balaban J connectivity index is 1.06. The fourth-order valence-electron chi connectivity index (χ4n) is 6.54. The Hall–Kier alpha value is -6.22. The average molecular weight is 717 g/mol. The summed E-state index contributed by atoms with van der Waals surface area (Å²) < 4.78 is 25.8. The molecular weight excluding hydrogens is 680 g/mol. The maximum Gasteiger partial charge on any atom is 0.412 e. The number of nitro groups is 1. The number of carbonyl (C=O) groups is 1. The van der Waals surface area contributed by atoms with Gasteiger partial charge in [-0.2, -0.15) is 0 Å². The van der Waals surface area contributed by atoms with E-state index in [-0.39, 0.29) is 36.7 Å². The van der Waals surface area contributed by atoms with E-state index in [0.29, 0.717) is 12.1 Å². The lowest BCUT2D eigenvalue weighted by Crippen LogP contribution is -2.35. The Kier molecular flexibility index (Phi) is 10.3. The minimum absolute atomic E-state index is 0.0168. The van der Waals surface area contributed by atoms with E-state index >= 15 is 0 Å². The van der Waals surface area contributed by atoms with Crippen LogP contribution < -0.4 is 10.1 Å². The average Bonchev–Trinajstić information content (AvgIpc) is 3.79. The monoisotopic (exact) mass is 716 g/mol. The van der Waals surface area contributed by atoms with E-state index in [1.165, 1.54) is 24.8 Å². The molecule has 0 aliphatic carbocycles. The van der Waals surface area contributed by atoms with Gasteiger partial charge in [0.15, 0.2) is 23.2 Å². The van der Waals surface area contributed by atoms with Crippen LogP contribution in [0, 0.1) is 10.1 Å². The van der Waals surface area contributed by atoms with Gasteiger partial charge in [0.05, 0.1) is 37.7 Å². The van der Waals surface area contributed by atoms with Crippen LogP contribution in [0.2, 0.25) is 0 Å². The van der Waals surface area contributed by atoms with Gasteiger partial charge in [0.1, 0.15) is 23.8 Å². The molecule has 1 fully saturated rings. The zero-order chi connectivity index (χ0) is 36.8. The third-order valence-electron chi connectivity index (χ3n) is 9.13. The molecule has 2 N–H and O–H groups in total. The number of ether oxygens (including phenoxy) is 4. The van der Waals surface area contributed by atoms with Crippen LogP contribution >= 0.6 is 0 Å². The lowest BCUT2D eigenvalue weighted by molar-refractivity contribution is -0.384. The molecule has 1 aliphatic heterocycles. The summed E-state index contributed by atoms with van der Waals surface area (Å²) in [6.07, 6.45) is 0.391. The highest BCUT2D eigenvalue weighted by Gasteiger charge is 2.42. The van der Waals surface area contributed by atoms with Crippen molar-refractivity contribution in [3.05, 3.63) is 154 Å². The number of imidazole rings is 1. The zero-order valence-electron chi connectivity index (χ0n) is 28.6. The Bertz CT molecular complexity index is 2130. The highest BCUT2D eigenvalue weighted by Crippen LogP contribution is 2.42. The zero-order valence-corrected chi connectivity index (χ0v) is 28.6. The molecule has 0 spiro atoms. The molecule has 3 atom stereocenters. The first-order chi connectivity index (χ1) is 25.9. The lowest BCUT2D eigenvalue weighted by atomic mass is 9.80. The molecule has 7 rings (SSSR count). The van der Waals surface area contributed by atoms with E-state index in [9.17, 15) is 20.0 Å². The number of anilines is 1. The molecule has 0 radical (unpaired) electrons. The molecule has 53 heavy (non-hydrogen) atoms. The summed E-state index contributed by atoms with van der Waals surface area (Å²) in [5.41, 5.74) is 3.12. The van der Waals surface area contributed by atoms with Gasteiger partial charge < -0.3 is 24.1 Å². The van der Waals surface area contributed by atoms with Gasteiger partial charge in [0.25, 0.3) is 5.69 Å². The fraction of sp³-hybridized carbons (Fsp3) is 0.231. The Morgan fingerprint density at radius 1 is 0.943 bits per heavy atom. The Morgan fingerprint density at radius 3 is 2.25 bits per heavy atom. The standard InChI is InChI=1S/C39H36N6O8/c1-50-31-18-14-29(15-19-31)39(27-8-4-2-5-9-27,28-10-6-3-7-11-28)52-23-32-22-33(46)37(53-32)44-25-42-34-35(40-24-41-36(34)44)43-38(47)51-21-20-26-12-16-30(17-13-26)45(48)49/h2-19,24-25,32-33,37,46H,20-23H2,1H3,(H,40,41,43,47)/t32-,33+,37+/m0/s1. The number of aliphatic hydroxyl groups excluding tert-OH is 1. The predicted octanol–water partition coefficient (Wildman–Crippen LogP) is 6.19. The second kappa shape index (κ2) is 15.6. The first-order valence-electron chi connectivity index (χ1n) is 16.9. The molecule has 0 bridgehead atoms. The van der Waals surface area contributed by atoms with Gasteiger partial charge in [0.2, 0.25) is 0 Å². The van der Waals surface area contributed by atoms with Crippen molar-refractivity contribution in [1.29, 1.82) is 0 Å². The van der Waals surface area contributed by atoms with Crippen LogP contribution in [0.4, 0.5) is 16.3 Å². The van der Waals surface area contributed by atoms with E-state index in [1.54, 1.807) is 23.8 Å².